The maximum Gasteiger partial charge on any atom is 0.271 e. The van der Waals surface area contributed by atoms with Crippen LogP contribution in [0.1, 0.15) is 27.0 Å². The minimum atomic E-state index is -0.307. The number of nitrogens with zero attached hydrogens (tertiary/aromatic N) is 1. The second-order valence-electron chi connectivity index (χ2n) is 6.69. The first-order valence-corrected chi connectivity index (χ1v) is 9.51. The maximum atomic E-state index is 12.3. The van der Waals surface area contributed by atoms with Gasteiger partial charge < -0.3 is 10.1 Å². The van der Waals surface area contributed by atoms with E-state index < -0.39 is 0 Å². The van der Waals surface area contributed by atoms with Gasteiger partial charge in [0, 0.05) is 16.8 Å². The van der Waals surface area contributed by atoms with Crippen molar-refractivity contribution in [3.63, 3.8) is 0 Å². The van der Waals surface area contributed by atoms with Crippen LogP contribution in [0.15, 0.2) is 77.9 Å². The number of benzene rings is 3. The first-order valence-electron chi connectivity index (χ1n) is 9.51. The highest BCUT2D eigenvalue weighted by Crippen LogP contribution is 2.19. The normalized spacial score (nSPS) is 10.6. The van der Waals surface area contributed by atoms with E-state index in [1.54, 1.807) is 42.5 Å². The third-order valence-electron chi connectivity index (χ3n) is 4.56. The molecule has 2 N–H and O–H groups in total. The fourth-order valence-electron chi connectivity index (χ4n) is 2.75. The number of hydrogen-bond donors (Lipinski definition) is 2. The minimum Gasteiger partial charge on any atom is -0.483 e. The van der Waals surface area contributed by atoms with Gasteiger partial charge in [-0.1, -0.05) is 42.5 Å². The van der Waals surface area contributed by atoms with Gasteiger partial charge in [-0.2, -0.15) is 5.10 Å². The van der Waals surface area contributed by atoms with Crippen LogP contribution in [0, 0.1) is 13.8 Å². The highest BCUT2D eigenvalue weighted by atomic mass is 16.5. The summed E-state index contributed by atoms with van der Waals surface area (Å²) in [6.45, 7) is 3.81. The van der Waals surface area contributed by atoms with E-state index >= 15 is 0 Å². The topological polar surface area (TPSA) is 79.8 Å². The van der Waals surface area contributed by atoms with E-state index in [0.717, 1.165) is 16.8 Å². The molecule has 0 aromatic heterocycles. The van der Waals surface area contributed by atoms with E-state index in [2.05, 4.69) is 15.8 Å². The number of carbonyl (C=O) groups excluding carboxylic acids is 2. The van der Waals surface area contributed by atoms with E-state index in [4.69, 9.17) is 4.74 Å². The van der Waals surface area contributed by atoms with Crippen molar-refractivity contribution < 1.29 is 14.3 Å². The number of anilines is 1. The molecule has 3 aromatic rings. The Morgan fingerprint density at radius 3 is 2.47 bits per heavy atom. The highest BCUT2D eigenvalue weighted by molar-refractivity contribution is 5.95. The quantitative estimate of drug-likeness (QED) is 0.462. The van der Waals surface area contributed by atoms with Crippen molar-refractivity contribution in [1.82, 2.24) is 5.43 Å². The van der Waals surface area contributed by atoms with Gasteiger partial charge in [0.05, 0.1) is 6.21 Å². The van der Waals surface area contributed by atoms with Crippen LogP contribution >= 0.6 is 0 Å². The molecule has 6 nitrogen and oxygen atoms in total. The summed E-state index contributed by atoms with van der Waals surface area (Å²) < 4.78 is 5.67. The predicted octanol–water partition coefficient (Wildman–Crippen LogP) is 4.08. The van der Waals surface area contributed by atoms with Crippen molar-refractivity contribution in [1.29, 1.82) is 0 Å². The van der Waals surface area contributed by atoms with Crippen molar-refractivity contribution in [2.75, 3.05) is 11.9 Å². The Morgan fingerprint density at radius 1 is 0.933 bits per heavy atom. The zero-order chi connectivity index (χ0) is 21.3. The van der Waals surface area contributed by atoms with Crippen LogP contribution in [-0.4, -0.2) is 24.6 Å². The molecule has 0 aliphatic rings. The van der Waals surface area contributed by atoms with Crippen LogP contribution in [0.3, 0.4) is 0 Å². The second-order valence-corrected chi connectivity index (χ2v) is 6.69. The molecule has 30 heavy (non-hydrogen) atoms. The lowest BCUT2D eigenvalue weighted by Gasteiger charge is -2.12. The first kappa shape index (κ1) is 20.8. The van der Waals surface area contributed by atoms with Gasteiger partial charge in [0.25, 0.3) is 11.8 Å². The van der Waals surface area contributed by atoms with Crippen LogP contribution < -0.4 is 15.5 Å². The number of para-hydroxylation sites is 1. The summed E-state index contributed by atoms with van der Waals surface area (Å²) in [5.41, 5.74) is 6.53. The van der Waals surface area contributed by atoms with E-state index in [1.165, 1.54) is 6.21 Å². The highest BCUT2D eigenvalue weighted by Gasteiger charge is 2.09. The van der Waals surface area contributed by atoms with Crippen LogP contribution in [0.4, 0.5) is 5.69 Å². The fourth-order valence-corrected chi connectivity index (χ4v) is 2.75. The van der Waals surface area contributed by atoms with Crippen LogP contribution in [0.2, 0.25) is 0 Å². The molecule has 0 atom stereocenters. The smallest absolute Gasteiger partial charge is 0.271 e. The lowest BCUT2D eigenvalue weighted by atomic mass is 10.1. The van der Waals surface area contributed by atoms with Crippen LogP contribution in [-0.2, 0) is 4.79 Å². The molecule has 0 aliphatic carbocycles. The number of hydrazone groups is 1. The lowest BCUT2D eigenvalue weighted by Crippen LogP contribution is -2.21. The predicted molar refractivity (Wildman–Crippen MR) is 118 cm³/mol. The molecule has 0 heterocycles. The molecule has 0 unspecified atom stereocenters. The molecule has 0 spiro atoms. The molecule has 0 saturated carbocycles. The summed E-state index contributed by atoms with van der Waals surface area (Å²) in [5.74, 6) is -0.0719. The van der Waals surface area contributed by atoms with E-state index in [1.807, 2.05) is 44.2 Å². The zero-order valence-electron chi connectivity index (χ0n) is 16.9. The molecule has 2 amide bonds. The van der Waals surface area contributed by atoms with Crippen molar-refractivity contribution in [2.24, 2.45) is 5.10 Å². The van der Waals surface area contributed by atoms with Crippen LogP contribution in [0.25, 0.3) is 0 Å². The Morgan fingerprint density at radius 2 is 1.67 bits per heavy atom. The van der Waals surface area contributed by atoms with Gasteiger partial charge in [-0.3, -0.25) is 9.59 Å². The van der Waals surface area contributed by atoms with Crippen molar-refractivity contribution in [3.8, 4) is 5.75 Å². The molecule has 3 rings (SSSR count). The van der Waals surface area contributed by atoms with Gasteiger partial charge in [-0.05, 0) is 55.3 Å². The second kappa shape index (κ2) is 10.0. The van der Waals surface area contributed by atoms with Crippen molar-refractivity contribution >= 4 is 23.7 Å². The molecular formula is C24H23N3O3. The average molecular weight is 401 g/mol. The van der Waals surface area contributed by atoms with Crippen molar-refractivity contribution in [3.05, 3.63) is 95.1 Å². The van der Waals surface area contributed by atoms with Gasteiger partial charge in [0.15, 0.2) is 6.61 Å². The number of rotatable bonds is 7. The molecule has 0 bridgehead atoms. The molecule has 152 valence electrons. The minimum absolute atomic E-state index is 0.144. The Hall–Kier alpha value is -3.93. The van der Waals surface area contributed by atoms with Gasteiger partial charge in [0.1, 0.15) is 5.75 Å². The Balaban J connectivity index is 1.59. The van der Waals surface area contributed by atoms with Gasteiger partial charge in [-0.15, -0.1) is 0 Å². The van der Waals surface area contributed by atoms with E-state index in [-0.39, 0.29) is 18.4 Å². The Labute approximate surface area is 175 Å². The number of amides is 2. The summed E-state index contributed by atoms with van der Waals surface area (Å²) in [6.07, 6.45) is 1.48. The van der Waals surface area contributed by atoms with Crippen LogP contribution in [0.5, 0.6) is 5.75 Å². The molecule has 6 heteroatoms. The third kappa shape index (κ3) is 5.54. The fraction of sp³-hybridized carbons (Fsp3) is 0.125. The van der Waals surface area contributed by atoms with Gasteiger partial charge in [0.2, 0.25) is 0 Å². The SMILES string of the molecule is Cc1cccc(NC(=O)COc2ccccc2/C=N/NC(=O)c2ccccc2)c1C. The molecule has 0 radical (unpaired) electrons. The average Bonchev–Trinajstić information content (AvgIpc) is 2.77. The summed E-state index contributed by atoms with van der Waals surface area (Å²) in [6, 6.07) is 21.7. The molecule has 3 aromatic carbocycles. The van der Waals surface area contributed by atoms with E-state index in [0.29, 0.717) is 16.9 Å². The summed E-state index contributed by atoms with van der Waals surface area (Å²) in [5, 5.41) is 6.85. The number of aryl methyl sites for hydroxylation is 1. The largest absolute Gasteiger partial charge is 0.483 e. The third-order valence-corrected chi connectivity index (χ3v) is 4.56. The number of nitrogens with one attached hydrogen (secondary N) is 2. The summed E-state index contributed by atoms with van der Waals surface area (Å²) in [7, 11) is 0. The molecular weight excluding hydrogens is 378 g/mol. The summed E-state index contributed by atoms with van der Waals surface area (Å²) in [4.78, 5) is 24.3. The van der Waals surface area contributed by atoms with Gasteiger partial charge >= 0.3 is 0 Å². The Kier molecular flexibility index (Phi) is 6.95. The zero-order valence-corrected chi connectivity index (χ0v) is 16.9. The molecule has 0 fully saturated rings. The molecule has 0 saturated heterocycles. The Bertz CT molecular complexity index is 1060. The molecule has 0 aliphatic heterocycles. The summed E-state index contributed by atoms with van der Waals surface area (Å²) >= 11 is 0. The standard InChI is InChI=1S/C24H23N3O3/c1-17-9-8-13-21(18(17)2)26-23(28)16-30-22-14-7-6-12-20(22)15-25-27-24(29)19-10-4-3-5-11-19/h3-15H,16H2,1-2H3,(H,26,28)(H,27,29)/b25-15+. The number of carbonyl (C=O) groups is 2. The van der Waals surface area contributed by atoms with Gasteiger partial charge in [-0.25, -0.2) is 5.43 Å². The monoisotopic (exact) mass is 401 g/mol. The maximum absolute atomic E-state index is 12.3. The van der Waals surface area contributed by atoms with E-state index in [9.17, 15) is 9.59 Å². The first-order chi connectivity index (χ1) is 14.5. The van der Waals surface area contributed by atoms with Crippen molar-refractivity contribution in [2.45, 2.75) is 13.8 Å². The lowest BCUT2D eigenvalue weighted by molar-refractivity contribution is -0.118. The number of ether oxygens (including phenoxy) is 1. The number of hydrogen-bond acceptors (Lipinski definition) is 4.